The van der Waals surface area contributed by atoms with E-state index >= 15 is 0 Å². The predicted octanol–water partition coefficient (Wildman–Crippen LogP) is 1.30. The van der Waals surface area contributed by atoms with Gasteiger partial charge in [0.05, 0.1) is 0 Å². The van der Waals surface area contributed by atoms with E-state index in [4.69, 9.17) is 0 Å². The van der Waals surface area contributed by atoms with E-state index in [-0.39, 0.29) is 5.78 Å². The molecule has 0 atom stereocenters. The average molecular weight is 126 g/mol. The van der Waals surface area contributed by atoms with E-state index in [1.165, 1.54) is 0 Å². The lowest BCUT2D eigenvalue weighted by molar-refractivity contribution is -0.113. The number of hydrogen-bond acceptors (Lipinski definition) is 1. The summed E-state index contributed by atoms with van der Waals surface area (Å²) >= 11 is 0. The lowest BCUT2D eigenvalue weighted by atomic mass is 10.2. The lowest BCUT2D eigenvalue weighted by Crippen LogP contribution is -1.99. The van der Waals surface area contributed by atoms with Gasteiger partial charge >= 0.3 is 0 Å². The smallest absolute Gasteiger partial charge is 0.154 e. The molecule has 0 heterocycles. The third kappa shape index (κ3) is 2.74. The molecular weight excluding hydrogens is 116 g/mol. The fourth-order valence-corrected chi connectivity index (χ4v) is 0.934. The minimum atomic E-state index is 0.200. The Kier molecular flexibility index (Phi) is 3.44. The molecule has 0 aromatic rings. The first-order chi connectivity index (χ1) is 3.68. The molecule has 0 rings (SSSR count). The quantitative estimate of drug-likeness (QED) is 0.411. The molecule has 0 bridgehead atoms. The summed E-state index contributed by atoms with van der Waals surface area (Å²) in [6.45, 7) is 7.30. The van der Waals surface area contributed by atoms with Crippen molar-refractivity contribution in [3.05, 3.63) is 12.2 Å². The number of carbonyl (C=O) groups is 1. The molecule has 0 aromatic heterocycles. The summed E-state index contributed by atoms with van der Waals surface area (Å²) in [6.07, 6.45) is 0. The average Bonchev–Trinajstić information content (AvgIpc) is 1.67. The second kappa shape index (κ2) is 3.61. The fourth-order valence-electron chi connectivity index (χ4n) is 0.311. The van der Waals surface area contributed by atoms with Gasteiger partial charge in [0, 0.05) is 15.6 Å². The first kappa shape index (κ1) is 7.63. The summed E-state index contributed by atoms with van der Waals surface area (Å²) in [6, 6.07) is 0.676. The molecule has 0 aliphatic heterocycles. The van der Waals surface area contributed by atoms with Gasteiger partial charge in [0.2, 0.25) is 0 Å². The summed E-state index contributed by atoms with van der Waals surface area (Å²) in [7, 11) is 0.721. The van der Waals surface area contributed by atoms with Crippen molar-refractivity contribution >= 4 is 15.3 Å². The van der Waals surface area contributed by atoms with Crippen molar-refractivity contribution in [3.63, 3.8) is 0 Å². The Morgan fingerprint density at radius 2 is 2.25 bits per heavy atom. The minimum absolute atomic E-state index is 0.200. The van der Waals surface area contributed by atoms with Gasteiger partial charge in [0.15, 0.2) is 5.78 Å². The number of ketones is 1. The first-order valence-electron chi connectivity index (χ1n) is 2.51. The first-order valence-corrected chi connectivity index (χ1v) is 4.22. The second-order valence-electron chi connectivity index (χ2n) is 1.73. The predicted molar refractivity (Wildman–Crippen MR) is 36.2 cm³/mol. The van der Waals surface area contributed by atoms with Gasteiger partial charge in [0.1, 0.15) is 0 Å². The highest BCUT2D eigenvalue weighted by Gasteiger charge is 1.97. The van der Waals surface area contributed by atoms with Crippen molar-refractivity contribution in [1.29, 1.82) is 0 Å². The van der Waals surface area contributed by atoms with Gasteiger partial charge in [0.25, 0.3) is 0 Å². The van der Waals surface area contributed by atoms with Crippen LogP contribution < -0.4 is 0 Å². The van der Waals surface area contributed by atoms with Crippen LogP contribution in [0.25, 0.3) is 0 Å². The molecule has 0 aliphatic rings. The van der Waals surface area contributed by atoms with Crippen LogP contribution in [0.5, 0.6) is 0 Å². The van der Waals surface area contributed by atoms with Crippen molar-refractivity contribution in [3.8, 4) is 0 Å². The van der Waals surface area contributed by atoms with Crippen molar-refractivity contribution in [2.45, 2.75) is 19.5 Å². The molecular formula is C6H10OSi. The Hall–Kier alpha value is -0.373. The Bertz CT molecular complexity index is 107. The third-order valence-electron chi connectivity index (χ3n) is 0.813. The summed E-state index contributed by atoms with van der Waals surface area (Å²) in [5.74, 6) is 0.200. The third-order valence-corrected chi connectivity index (χ3v) is 1.49. The molecule has 0 fully saturated rings. The van der Waals surface area contributed by atoms with Crippen LogP contribution in [0.2, 0.25) is 12.6 Å². The molecule has 0 aliphatic carbocycles. The molecule has 0 unspecified atom stereocenters. The second-order valence-corrected chi connectivity index (χ2v) is 2.79. The van der Waals surface area contributed by atoms with Gasteiger partial charge < -0.3 is 0 Å². The molecule has 2 radical (unpaired) electrons. The molecule has 1 nitrogen and oxygen atoms in total. The molecule has 0 aromatic carbocycles. The van der Waals surface area contributed by atoms with E-state index in [1.54, 1.807) is 6.92 Å². The maximum absolute atomic E-state index is 10.7. The Morgan fingerprint density at radius 1 is 1.75 bits per heavy atom. The van der Waals surface area contributed by atoms with Crippen LogP contribution in [0.15, 0.2) is 12.2 Å². The standard InChI is InChI=1S/C6H10OSi/c1-5(2)6(7)4-8-3/h1,4H2,2-3H3. The van der Waals surface area contributed by atoms with E-state index in [9.17, 15) is 4.79 Å². The summed E-state index contributed by atoms with van der Waals surface area (Å²) in [5, 5.41) is 0. The van der Waals surface area contributed by atoms with Crippen molar-refractivity contribution in [1.82, 2.24) is 0 Å². The van der Waals surface area contributed by atoms with Crippen molar-refractivity contribution in [2.75, 3.05) is 0 Å². The highest BCUT2D eigenvalue weighted by atomic mass is 28.2. The van der Waals surface area contributed by atoms with E-state index in [0.717, 1.165) is 9.52 Å². The molecule has 2 heteroatoms. The van der Waals surface area contributed by atoms with Gasteiger partial charge in [-0.25, -0.2) is 0 Å². The van der Waals surface area contributed by atoms with Gasteiger partial charge in [-0.15, -0.1) is 0 Å². The van der Waals surface area contributed by atoms with Crippen LogP contribution in [0.3, 0.4) is 0 Å². The maximum Gasteiger partial charge on any atom is 0.154 e. The molecule has 0 saturated carbocycles. The normalized spacial score (nSPS) is 8.75. The van der Waals surface area contributed by atoms with Crippen LogP contribution in [-0.4, -0.2) is 15.3 Å². The largest absolute Gasteiger partial charge is 0.295 e. The van der Waals surface area contributed by atoms with Crippen LogP contribution >= 0.6 is 0 Å². The van der Waals surface area contributed by atoms with Gasteiger partial charge in [-0.2, -0.15) is 0 Å². The van der Waals surface area contributed by atoms with Crippen molar-refractivity contribution in [2.24, 2.45) is 0 Å². The maximum atomic E-state index is 10.7. The van der Waals surface area contributed by atoms with E-state index in [0.29, 0.717) is 11.6 Å². The number of hydrogen-bond donors (Lipinski definition) is 0. The zero-order valence-corrected chi connectivity index (χ0v) is 6.32. The van der Waals surface area contributed by atoms with E-state index < -0.39 is 0 Å². The zero-order chi connectivity index (χ0) is 6.57. The van der Waals surface area contributed by atoms with Crippen LogP contribution in [-0.2, 0) is 4.79 Å². The summed E-state index contributed by atoms with van der Waals surface area (Å²) in [5.41, 5.74) is 0.680. The molecule has 8 heavy (non-hydrogen) atoms. The zero-order valence-electron chi connectivity index (χ0n) is 5.32. The topological polar surface area (TPSA) is 17.1 Å². The highest BCUT2D eigenvalue weighted by Crippen LogP contribution is 1.93. The fraction of sp³-hybridized carbons (Fsp3) is 0.500. The number of carbonyl (C=O) groups excluding carboxylic acids is 1. The van der Waals surface area contributed by atoms with Crippen molar-refractivity contribution < 1.29 is 4.79 Å². The summed E-state index contributed by atoms with van der Waals surface area (Å²) < 4.78 is 0. The van der Waals surface area contributed by atoms with E-state index in [1.807, 2.05) is 6.55 Å². The molecule has 44 valence electrons. The van der Waals surface area contributed by atoms with Crippen LogP contribution in [0, 0.1) is 0 Å². The van der Waals surface area contributed by atoms with Crippen LogP contribution in [0.4, 0.5) is 0 Å². The number of Topliss-reactive ketones (excluding diaryl/α,β-unsaturated/α-hetero) is 1. The number of rotatable bonds is 3. The molecule has 0 saturated heterocycles. The molecule has 0 spiro atoms. The van der Waals surface area contributed by atoms with Gasteiger partial charge in [-0.05, 0) is 12.5 Å². The lowest BCUT2D eigenvalue weighted by Gasteiger charge is -1.91. The van der Waals surface area contributed by atoms with E-state index in [2.05, 4.69) is 6.58 Å². The minimum Gasteiger partial charge on any atom is -0.295 e. The Labute approximate surface area is 52.6 Å². The monoisotopic (exact) mass is 126 g/mol. The molecule has 0 amide bonds. The van der Waals surface area contributed by atoms with Gasteiger partial charge in [-0.1, -0.05) is 13.1 Å². The Balaban J connectivity index is 3.49. The number of allylic oxidation sites excluding steroid dienone is 1. The Morgan fingerprint density at radius 3 is 2.38 bits per heavy atom. The highest BCUT2D eigenvalue weighted by molar-refractivity contribution is 6.41. The summed E-state index contributed by atoms with van der Waals surface area (Å²) in [4.78, 5) is 10.7. The SMILES string of the molecule is C=C(C)C(=O)C[Si]C. The van der Waals surface area contributed by atoms with Crippen LogP contribution in [0.1, 0.15) is 6.92 Å². The van der Waals surface area contributed by atoms with Gasteiger partial charge in [-0.3, -0.25) is 4.79 Å². The molecule has 0 N–H and O–H groups in total.